The number of nitro groups is 2. The Morgan fingerprint density at radius 1 is 1.00 bits per heavy atom. The number of carbonyl (C=O) groups excluding carboxylic acids is 1. The van der Waals surface area contributed by atoms with Crippen molar-refractivity contribution >= 4 is 29.1 Å². The number of nitrogens with zero attached hydrogens (tertiary/aromatic N) is 2. The topological polar surface area (TPSA) is 113 Å². The van der Waals surface area contributed by atoms with E-state index in [0.29, 0.717) is 10.5 Å². The Hall–Kier alpha value is -2.94. The van der Waals surface area contributed by atoms with Crippen molar-refractivity contribution < 1.29 is 19.4 Å². The Morgan fingerprint density at radius 3 is 1.96 bits per heavy atom. The quantitative estimate of drug-likeness (QED) is 0.319. The first-order valence-electron chi connectivity index (χ1n) is 7.18. The van der Waals surface area contributed by atoms with Crippen molar-refractivity contribution in [1.82, 2.24) is 0 Å². The van der Waals surface area contributed by atoms with E-state index in [1.807, 2.05) is 0 Å². The third-order valence-corrected chi connectivity index (χ3v) is 4.31. The Bertz CT molecular complexity index is 776. The molecule has 2 rings (SSSR count). The van der Waals surface area contributed by atoms with Gasteiger partial charge in [-0.25, -0.2) is 0 Å². The van der Waals surface area contributed by atoms with Crippen LogP contribution in [0, 0.1) is 20.2 Å². The summed E-state index contributed by atoms with van der Waals surface area (Å²) in [5.74, 6) is -0.443. The van der Waals surface area contributed by atoms with E-state index in [0.717, 1.165) is 0 Å². The van der Waals surface area contributed by atoms with Gasteiger partial charge in [-0.1, -0.05) is 0 Å². The number of thioether (sulfide) groups is 1. The first-order chi connectivity index (χ1) is 11.9. The molecule has 0 heterocycles. The van der Waals surface area contributed by atoms with Gasteiger partial charge in [0.15, 0.2) is 0 Å². The van der Waals surface area contributed by atoms with E-state index in [4.69, 9.17) is 4.74 Å². The lowest BCUT2D eigenvalue weighted by Crippen LogP contribution is -2.16. The van der Waals surface area contributed by atoms with Crippen molar-refractivity contribution in [3.8, 4) is 0 Å². The molecule has 0 aromatic heterocycles. The number of non-ortho nitro benzene ring substituents is 2. The predicted molar refractivity (Wildman–Crippen MR) is 91.3 cm³/mol. The molecule has 2 aromatic carbocycles. The summed E-state index contributed by atoms with van der Waals surface area (Å²) in [6.45, 7) is 1.69. The molecule has 1 atom stereocenters. The molecule has 0 saturated carbocycles. The molecule has 25 heavy (non-hydrogen) atoms. The summed E-state index contributed by atoms with van der Waals surface area (Å²) in [5.41, 5.74) is 0.599. The zero-order valence-corrected chi connectivity index (χ0v) is 14.0. The van der Waals surface area contributed by atoms with Gasteiger partial charge < -0.3 is 4.74 Å². The average Bonchev–Trinajstić information content (AvgIpc) is 2.60. The molecule has 2 aromatic rings. The minimum Gasteiger partial charge on any atom is -0.460 e. The molecule has 0 fully saturated rings. The zero-order valence-electron chi connectivity index (χ0n) is 13.2. The molecule has 0 aliphatic carbocycles. The van der Waals surface area contributed by atoms with Gasteiger partial charge >= 0.3 is 5.97 Å². The lowest BCUT2D eigenvalue weighted by molar-refractivity contribution is -0.385. The van der Waals surface area contributed by atoms with Crippen LogP contribution < -0.4 is 0 Å². The van der Waals surface area contributed by atoms with Gasteiger partial charge in [0, 0.05) is 29.2 Å². The summed E-state index contributed by atoms with van der Waals surface area (Å²) >= 11 is 1.23. The largest absolute Gasteiger partial charge is 0.460 e. The van der Waals surface area contributed by atoms with Crippen molar-refractivity contribution in [3.63, 3.8) is 0 Å². The van der Waals surface area contributed by atoms with E-state index in [9.17, 15) is 25.0 Å². The van der Waals surface area contributed by atoms with Crippen LogP contribution in [-0.4, -0.2) is 21.1 Å². The van der Waals surface area contributed by atoms with E-state index in [1.54, 1.807) is 19.1 Å². The molecule has 0 saturated heterocycles. The lowest BCUT2D eigenvalue weighted by atomic mass is 10.2. The monoisotopic (exact) mass is 362 g/mol. The van der Waals surface area contributed by atoms with Gasteiger partial charge in [0.2, 0.25) is 0 Å². The smallest absolute Gasteiger partial charge is 0.319 e. The Morgan fingerprint density at radius 2 is 1.48 bits per heavy atom. The summed E-state index contributed by atoms with van der Waals surface area (Å²) in [6.07, 6.45) is 0. The van der Waals surface area contributed by atoms with Crippen LogP contribution in [0.5, 0.6) is 0 Å². The Balaban J connectivity index is 1.87. The van der Waals surface area contributed by atoms with Crippen LogP contribution in [0.15, 0.2) is 53.4 Å². The van der Waals surface area contributed by atoms with E-state index in [-0.39, 0.29) is 18.0 Å². The summed E-state index contributed by atoms with van der Waals surface area (Å²) in [7, 11) is 0. The van der Waals surface area contributed by atoms with E-state index in [1.165, 1.54) is 48.2 Å². The fourth-order valence-corrected chi connectivity index (χ4v) is 2.75. The van der Waals surface area contributed by atoms with Crippen LogP contribution in [0.1, 0.15) is 12.5 Å². The fourth-order valence-electron chi connectivity index (χ4n) is 1.88. The molecule has 0 radical (unpaired) electrons. The molecule has 0 bridgehead atoms. The van der Waals surface area contributed by atoms with Gasteiger partial charge in [-0.15, -0.1) is 11.8 Å². The second kappa shape index (κ2) is 8.25. The maximum Gasteiger partial charge on any atom is 0.319 e. The number of esters is 1. The van der Waals surface area contributed by atoms with Crippen LogP contribution in [0.2, 0.25) is 0 Å². The molecule has 0 N–H and O–H groups in total. The van der Waals surface area contributed by atoms with E-state index < -0.39 is 21.1 Å². The number of rotatable bonds is 7. The molecular weight excluding hydrogens is 348 g/mol. The van der Waals surface area contributed by atoms with Crippen LogP contribution in [0.3, 0.4) is 0 Å². The highest BCUT2D eigenvalue weighted by Gasteiger charge is 2.17. The minimum absolute atomic E-state index is 0.0159. The van der Waals surface area contributed by atoms with Crippen molar-refractivity contribution in [2.75, 3.05) is 0 Å². The second-order valence-corrected chi connectivity index (χ2v) is 6.46. The molecule has 8 nitrogen and oxygen atoms in total. The second-order valence-electron chi connectivity index (χ2n) is 5.04. The van der Waals surface area contributed by atoms with E-state index >= 15 is 0 Å². The molecule has 9 heteroatoms. The van der Waals surface area contributed by atoms with Gasteiger partial charge in [0.25, 0.3) is 11.4 Å². The predicted octanol–water partition coefficient (Wildman–Crippen LogP) is 3.73. The molecule has 0 unspecified atom stereocenters. The van der Waals surface area contributed by atoms with Gasteiger partial charge in [-0.2, -0.15) is 0 Å². The van der Waals surface area contributed by atoms with Crippen LogP contribution in [0.25, 0.3) is 0 Å². The number of nitro benzene ring substituents is 2. The third kappa shape index (κ3) is 5.28. The lowest BCUT2D eigenvalue weighted by Gasteiger charge is -2.11. The normalized spacial score (nSPS) is 11.6. The number of hydrogen-bond donors (Lipinski definition) is 0. The van der Waals surface area contributed by atoms with Crippen molar-refractivity contribution in [3.05, 3.63) is 74.3 Å². The van der Waals surface area contributed by atoms with Crippen molar-refractivity contribution in [2.24, 2.45) is 0 Å². The molecular formula is C16H14N2O6S. The highest BCUT2D eigenvalue weighted by molar-refractivity contribution is 8.00. The zero-order chi connectivity index (χ0) is 18.4. The van der Waals surface area contributed by atoms with Crippen LogP contribution in [-0.2, 0) is 16.1 Å². The van der Waals surface area contributed by atoms with Gasteiger partial charge in [-0.3, -0.25) is 25.0 Å². The summed E-state index contributed by atoms with van der Waals surface area (Å²) in [4.78, 5) is 32.9. The average molecular weight is 362 g/mol. The summed E-state index contributed by atoms with van der Waals surface area (Å²) < 4.78 is 5.19. The summed E-state index contributed by atoms with van der Waals surface area (Å²) in [5, 5.41) is 20.7. The molecule has 130 valence electrons. The standard InChI is InChI=1S/C16H14N2O6S/c1-11(25-15-8-6-14(7-9-15)18(22)23)16(19)24-10-12-2-4-13(5-3-12)17(20)21/h2-9,11H,10H2,1H3/t11-/m0/s1. The molecule has 0 aliphatic rings. The summed E-state index contributed by atoms with van der Waals surface area (Å²) in [6, 6.07) is 11.6. The van der Waals surface area contributed by atoms with Gasteiger partial charge in [-0.05, 0) is 36.8 Å². The number of hydrogen-bond acceptors (Lipinski definition) is 7. The maximum atomic E-state index is 12.0. The first kappa shape index (κ1) is 18.4. The van der Waals surface area contributed by atoms with Crippen molar-refractivity contribution in [1.29, 1.82) is 0 Å². The van der Waals surface area contributed by atoms with Gasteiger partial charge in [0.1, 0.15) is 11.9 Å². The molecule has 0 amide bonds. The van der Waals surface area contributed by atoms with E-state index in [2.05, 4.69) is 0 Å². The SMILES string of the molecule is C[C@H](Sc1ccc([N+](=O)[O-])cc1)C(=O)OCc1ccc([N+](=O)[O-])cc1. The van der Waals surface area contributed by atoms with Crippen LogP contribution in [0.4, 0.5) is 11.4 Å². The fraction of sp³-hybridized carbons (Fsp3) is 0.188. The molecule has 0 aliphatic heterocycles. The first-order valence-corrected chi connectivity index (χ1v) is 8.06. The maximum absolute atomic E-state index is 12.0. The number of benzene rings is 2. The number of carbonyl (C=O) groups is 1. The highest BCUT2D eigenvalue weighted by Crippen LogP contribution is 2.26. The Kier molecular flexibility index (Phi) is 6.07. The Labute approximate surface area is 147 Å². The van der Waals surface area contributed by atoms with Crippen LogP contribution >= 0.6 is 11.8 Å². The van der Waals surface area contributed by atoms with Crippen molar-refractivity contribution in [2.45, 2.75) is 23.7 Å². The number of ether oxygens (including phenoxy) is 1. The highest BCUT2D eigenvalue weighted by atomic mass is 32.2. The third-order valence-electron chi connectivity index (χ3n) is 3.22. The minimum atomic E-state index is -0.501. The molecule has 0 spiro atoms. The van der Waals surface area contributed by atoms with Gasteiger partial charge in [0.05, 0.1) is 9.85 Å².